The number of aromatic nitrogens is 3. The summed E-state index contributed by atoms with van der Waals surface area (Å²) in [5.74, 6) is 0. The minimum atomic E-state index is -0.590. The molecular weight excluding hydrogens is 380 g/mol. The SMILES string of the molecule is CC1(C)OC(=O)N(C2CCC(n3c(=O)[nH]c4cccnc43)CC2)[C@H]1c1ccccc1. The third kappa shape index (κ3) is 3.00. The van der Waals surface area contributed by atoms with Crippen LogP contribution >= 0.6 is 0 Å². The fourth-order valence-corrected chi connectivity index (χ4v) is 5.22. The van der Waals surface area contributed by atoms with Crippen LogP contribution in [0.15, 0.2) is 53.5 Å². The maximum absolute atomic E-state index is 12.8. The minimum absolute atomic E-state index is 0.0826. The van der Waals surface area contributed by atoms with E-state index in [1.165, 1.54) is 0 Å². The highest BCUT2D eigenvalue weighted by Crippen LogP contribution is 2.45. The van der Waals surface area contributed by atoms with Gasteiger partial charge in [0, 0.05) is 18.3 Å². The summed E-state index contributed by atoms with van der Waals surface area (Å²) >= 11 is 0. The Balaban J connectivity index is 1.40. The van der Waals surface area contributed by atoms with Gasteiger partial charge in [0.2, 0.25) is 0 Å². The van der Waals surface area contributed by atoms with Crippen molar-refractivity contribution in [2.24, 2.45) is 0 Å². The molecule has 1 N–H and O–H groups in total. The van der Waals surface area contributed by atoms with E-state index in [0.717, 1.165) is 36.8 Å². The number of amides is 1. The lowest BCUT2D eigenvalue weighted by molar-refractivity contribution is 0.0662. The molecule has 0 unspecified atom stereocenters. The van der Waals surface area contributed by atoms with E-state index in [1.54, 1.807) is 10.8 Å². The zero-order valence-corrected chi connectivity index (χ0v) is 17.2. The fraction of sp³-hybridized carbons (Fsp3) is 0.435. The summed E-state index contributed by atoms with van der Waals surface area (Å²) in [4.78, 5) is 34.6. The number of H-pyrrole nitrogens is 1. The Labute approximate surface area is 174 Å². The second kappa shape index (κ2) is 7.00. The van der Waals surface area contributed by atoms with Crippen LogP contribution < -0.4 is 5.69 Å². The standard InChI is InChI=1S/C23H26N4O3/c1-23(2)19(15-7-4-3-5-8-15)26(22(29)30-23)16-10-12-17(13-11-16)27-20-18(25-21(27)28)9-6-14-24-20/h3-9,14,16-17,19H,10-13H2,1-2H3,(H,25,28)/t16?,17?,19-/m0/s1. The number of aromatic amines is 1. The molecule has 1 saturated carbocycles. The molecule has 0 radical (unpaired) electrons. The van der Waals surface area contributed by atoms with Gasteiger partial charge in [-0.2, -0.15) is 0 Å². The van der Waals surface area contributed by atoms with E-state index in [0.29, 0.717) is 5.65 Å². The topological polar surface area (TPSA) is 80.2 Å². The van der Waals surface area contributed by atoms with Crippen LogP contribution in [0.5, 0.6) is 0 Å². The first-order valence-electron chi connectivity index (χ1n) is 10.6. The molecule has 1 amide bonds. The number of benzene rings is 1. The van der Waals surface area contributed by atoms with E-state index < -0.39 is 5.60 Å². The summed E-state index contributed by atoms with van der Waals surface area (Å²) in [6.07, 6.45) is 4.75. The van der Waals surface area contributed by atoms with Crippen LogP contribution in [0.2, 0.25) is 0 Å². The van der Waals surface area contributed by atoms with Gasteiger partial charge in [0.25, 0.3) is 0 Å². The average molecular weight is 406 g/mol. The Morgan fingerprint density at radius 3 is 2.43 bits per heavy atom. The molecule has 2 aromatic heterocycles. The quantitative estimate of drug-likeness (QED) is 0.708. The molecule has 2 aliphatic rings. The van der Waals surface area contributed by atoms with Crippen LogP contribution in [-0.2, 0) is 4.74 Å². The maximum Gasteiger partial charge on any atom is 0.411 e. The summed E-state index contributed by atoms with van der Waals surface area (Å²) in [6, 6.07) is 13.9. The van der Waals surface area contributed by atoms with Crippen molar-refractivity contribution in [1.82, 2.24) is 19.4 Å². The third-order valence-electron chi connectivity index (χ3n) is 6.51. The second-order valence-corrected chi connectivity index (χ2v) is 8.83. The molecule has 7 heteroatoms. The number of hydrogen-bond acceptors (Lipinski definition) is 4. The van der Waals surface area contributed by atoms with Crippen molar-refractivity contribution in [3.8, 4) is 0 Å². The highest BCUT2D eigenvalue weighted by Gasteiger charge is 2.51. The molecular formula is C23H26N4O3. The second-order valence-electron chi connectivity index (χ2n) is 8.83. The van der Waals surface area contributed by atoms with Crippen molar-refractivity contribution in [2.75, 3.05) is 0 Å². The third-order valence-corrected chi connectivity index (χ3v) is 6.51. The highest BCUT2D eigenvalue weighted by molar-refractivity contribution is 5.72. The lowest BCUT2D eigenvalue weighted by Gasteiger charge is -2.38. The number of imidazole rings is 1. The molecule has 3 heterocycles. The fourth-order valence-electron chi connectivity index (χ4n) is 5.22. The van der Waals surface area contributed by atoms with E-state index >= 15 is 0 Å². The summed E-state index contributed by atoms with van der Waals surface area (Å²) < 4.78 is 7.56. The van der Waals surface area contributed by atoms with Gasteiger partial charge in [-0.15, -0.1) is 0 Å². The minimum Gasteiger partial charge on any atom is -0.441 e. The van der Waals surface area contributed by atoms with Gasteiger partial charge < -0.3 is 9.72 Å². The maximum atomic E-state index is 12.8. The van der Waals surface area contributed by atoms with Crippen molar-refractivity contribution in [3.05, 3.63) is 64.7 Å². The number of pyridine rings is 1. The van der Waals surface area contributed by atoms with Gasteiger partial charge in [0.15, 0.2) is 5.65 Å². The largest absolute Gasteiger partial charge is 0.441 e. The van der Waals surface area contributed by atoms with Crippen LogP contribution in [0.3, 0.4) is 0 Å². The van der Waals surface area contributed by atoms with E-state index in [4.69, 9.17) is 4.74 Å². The Morgan fingerprint density at radius 2 is 1.70 bits per heavy atom. The predicted octanol–water partition coefficient (Wildman–Crippen LogP) is 4.18. The van der Waals surface area contributed by atoms with Crippen molar-refractivity contribution < 1.29 is 9.53 Å². The molecule has 3 aromatic rings. The zero-order chi connectivity index (χ0) is 20.9. The number of nitrogens with one attached hydrogen (secondary N) is 1. The monoisotopic (exact) mass is 406 g/mol. The highest BCUT2D eigenvalue weighted by atomic mass is 16.6. The van der Waals surface area contributed by atoms with Crippen LogP contribution in [0.25, 0.3) is 11.2 Å². The molecule has 1 aliphatic heterocycles. The normalized spacial score (nSPS) is 26.1. The van der Waals surface area contributed by atoms with Gasteiger partial charge in [-0.25, -0.2) is 14.6 Å². The van der Waals surface area contributed by atoms with Gasteiger partial charge in [0.05, 0.1) is 11.6 Å². The lowest BCUT2D eigenvalue weighted by Crippen LogP contribution is -2.43. The Hall–Kier alpha value is -3.09. The van der Waals surface area contributed by atoms with Gasteiger partial charge in [0.1, 0.15) is 5.60 Å². The molecule has 1 atom stereocenters. The number of nitrogens with zero attached hydrogens (tertiary/aromatic N) is 3. The number of carbonyl (C=O) groups excluding carboxylic acids is 1. The molecule has 1 aromatic carbocycles. The Kier molecular flexibility index (Phi) is 4.41. The number of fused-ring (bicyclic) bond motifs is 1. The molecule has 156 valence electrons. The summed E-state index contributed by atoms with van der Waals surface area (Å²) in [7, 11) is 0. The summed E-state index contributed by atoms with van der Waals surface area (Å²) in [5, 5.41) is 0. The molecule has 5 rings (SSSR count). The predicted molar refractivity (Wildman–Crippen MR) is 113 cm³/mol. The van der Waals surface area contributed by atoms with Crippen molar-refractivity contribution in [2.45, 2.75) is 63.3 Å². The van der Waals surface area contributed by atoms with E-state index in [9.17, 15) is 9.59 Å². The molecule has 0 spiro atoms. The first-order valence-corrected chi connectivity index (χ1v) is 10.6. The van der Waals surface area contributed by atoms with E-state index in [-0.39, 0.29) is 29.9 Å². The van der Waals surface area contributed by atoms with Gasteiger partial charge in [-0.1, -0.05) is 30.3 Å². The van der Waals surface area contributed by atoms with Gasteiger partial charge >= 0.3 is 11.8 Å². The number of rotatable bonds is 3. The molecule has 2 fully saturated rings. The lowest BCUT2D eigenvalue weighted by atomic mass is 9.86. The first-order chi connectivity index (χ1) is 14.5. The Bertz CT molecular complexity index is 1130. The van der Waals surface area contributed by atoms with Crippen LogP contribution in [-0.4, -0.2) is 37.2 Å². The number of hydrogen-bond donors (Lipinski definition) is 1. The first kappa shape index (κ1) is 18.9. The van der Waals surface area contributed by atoms with Crippen molar-refractivity contribution >= 4 is 17.3 Å². The summed E-state index contributed by atoms with van der Waals surface area (Å²) in [6.45, 7) is 3.96. The van der Waals surface area contributed by atoms with Crippen LogP contribution in [0.4, 0.5) is 4.79 Å². The molecule has 1 aliphatic carbocycles. The Morgan fingerprint density at radius 1 is 1.00 bits per heavy atom. The number of cyclic esters (lactones) is 1. The average Bonchev–Trinajstić information content (AvgIpc) is 3.20. The van der Waals surface area contributed by atoms with Crippen molar-refractivity contribution in [1.29, 1.82) is 0 Å². The van der Waals surface area contributed by atoms with Gasteiger partial charge in [-0.05, 0) is 57.2 Å². The van der Waals surface area contributed by atoms with E-state index in [2.05, 4.69) is 22.1 Å². The van der Waals surface area contributed by atoms with Crippen molar-refractivity contribution in [3.63, 3.8) is 0 Å². The molecule has 1 saturated heterocycles. The van der Waals surface area contributed by atoms with Gasteiger partial charge in [-0.3, -0.25) is 9.47 Å². The molecule has 30 heavy (non-hydrogen) atoms. The van der Waals surface area contributed by atoms with E-state index in [1.807, 2.05) is 49.1 Å². The number of carbonyl (C=O) groups is 1. The van der Waals surface area contributed by atoms with Crippen LogP contribution in [0, 0.1) is 0 Å². The molecule has 7 nitrogen and oxygen atoms in total. The molecule has 0 bridgehead atoms. The number of ether oxygens (including phenoxy) is 1. The van der Waals surface area contributed by atoms with Crippen LogP contribution in [0.1, 0.15) is 57.2 Å². The smallest absolute Gasteiger partial charge is 0.411 e. The summed E-state index contributed by atoms with van der Waals surface area (Å²) in [5.41, 5.74) is 1.85. The zero-order valence-electron chi connectivity index (χ0n) is 17.2.